The van der Waals surface area contributed by atoms with Crippen molar-refractivity contribution in [2.24, 2.45) is 0 Å². The Morgan fingerprint density at radius 2 is 1.49 bits per heavy atom. The van der Waals surface area contributed by atoms with E-state index in [1.807, 2.05) is 37.3 Å². The van der Waals surface area contributed by atoms with Gasteiger partial charge in [-0.25, -0.2) is 8.42 Å². The Balaban J connectivity index is 2.11. The van der Waals surface area contributed by atoms with E-state index in [2.05, 4.69) is 5.32 Å². The van der Waals surface area contributed by atoms with Crippen LogP contribution in [0.3, 0.4) is 0 Å². The lowest BCUT2D eigenvalue weighted by Crippen LogP contribution is -2.53. The van der Waals surface area contributed by atoms with Crippen molar-refractivity contribution in [3.05, 3.63) is 97.9 Å². The predicted molar refractivity (Wildman–Crippen MR) is 168 cm³/mol. The molecule has 1 unspecified atom stereocenters. The van der Waals surface area contributed by atoms with E-state index in [1.54, 1.807) is 18.2 Å². The maximum atomic E-state index is 14.1. The van der Waals surface area contributed by atoms with Crippen LogP contribution in [0, 0.1) is 0 Å². The molecule has 3 aromatic carbocycles. The van der Waals surface area contributed by atoms with Crippen LogP contribution in [0.5, 0.6) is 0 Å². The Morgan fingerprint density at radius 1 is 0.878 bits per heavy atom. The number of carbonyl (C=O) groups is 2. The fourth-order valence-corrected chi connectivity index (χ4v) is 6.01. The molecule has 0 aliphatic heterocycles. The molecule has 41 heavy (non-hydrogen) atoms. The second-order valence-electron chi connectivity index (χ2n) is 9.41. The molecule has 0 aliphatic rings. The SMILES string of the molecule is CCCCNC(=O)C(Cc1ccccc1)N(Cc1c(Cl)cccc1Cl)C(=O)CN(c1cccc(Cl)c1Cl)S(C)(=O)=O. The normalized spacial score (nSPS) is 12.0. The molecule has 12 heteroatoms. The molecular formula is C29H31Cl4N3O4S. The Kier molecular flexibility index (Phi) is 12.2. The highest BCUT2D eigenvalue weighted by Gasteiger charge is 2.34. The zero-order valence-corrected chi connectivity index (χ0v) is 26.5. The largest absolute Gasteiger partial charge is 0.354 e. The molecule has 1 atom stereocenters. The molecule has 220 valence electrons. The zero-order valence-electron chi connectivity index (χ0n) is 22.6. The number of hydrogen-bond donors (Lipinski definition) is 1. The van der Waals surface area contributed by atoms with E-state index in [9.17, 15) is 18.0 Å². The van der Waals surface area contributed by atoms with Gasteiger partial charge in [0, 0.05) is 35.1 Å². The van der Waals surface area contributed by atoms with Crippen LogP contribution in [0.1, 0.15) is 30.9 Å². The van der Waals surface area contributed by atoms with E-state index in [0.717, 1.165) is 29.0 Å². The second-order valence-corrected chi connectivity index (χ2v) is 12.9. The molecule has 3 rings (SSSR count). The third-order valence-electron chi connectivity index (χ3n) is 6.37. The van der Waals surface area contributed by atoms with Crippen LogP contribution in [-0.4, -0.2) is 50.5 Å². The van der Waals surface area contributed by atoms with Crippen molar-refractivity contribution in [1.29, 1.82) is 0 Å². The Bertz CT molecular complexity index is 1450. The van der Waals surface area contributed by atoms with Crippen molar-refractivity contribution >= 4 is 73.9 Å². The molecule has 1 N–H and O–H groups in total. The van der Waals surface area contributed by atoms with Gasteiger partial charge in [0.15, 0.2) is 0 Å². The number of nitrogens with zero attached hydrogens (tertiary/aromatic N) is 2. The first kappa shape index (κ1) is 33.0. The van der Waals surface area contributed by atoms with E-state index in [-0.39, 0.29) is 34.6 Å². The zero-order chi connectivity index (χ0) is 30.2. The lowest BCUT2D eigenvalue weighted by atomic mass is 10.0. The summed E-state index contributed by atoms with van der Waals surface area (Å²) in [6.07, 6.45) is 2.75. The van der Waals surface area contributed by atoms with Crippen LogP contribution >= 0.6 is 46.4 Å². The van der Waals surface area contributed by atoms with Gasteiger partial charge in [0.05, 0.1) is 22.0 Å². The molecule has 0 heterocycles. The summed E-state index contributed by atoms with van der Waals surface area (Å²) in [6.45, 7) is 1.64. The van der Waals surface area contributed by atoms with Crippen molar-refractivity contribution in [2.75, 3.05) is 23.7 Å². The number of amides is 2. The van der Waals surface area contributed by atoms with Gasteiger partial charge in [0.2, 0.25) is 21.8 Å². The maximum Gasteiger partial charge on any atom is 0.244 e. The molecule has 0 fully saturated rings. The van der Waals surface area contributed by atoms with Gasteiger partial charge in [-0.2, -0.15) is 0 Å². The number of sulfonamides is 1. The molecule has 0 saturated heterocycles. The lowest BCUT2D eigenvalue weighted by Gasteiger charge is -2.34. The van der Waals surface area contributed by atoms with E-state index >= 15 is 0 Å². The van der Waals surface area contributed by atoms with Gasteiger partial charge >= 0.3 is 0 Å². The molecule has 7 nitrogen and oxygen atoms in total. The number of halogens is 4. The topological polar surface area (TPSA) is 86.8 Å². The minimum atomic E-state index is -4.01. The van der Waals surface area contributed by atoms with E-state index < -0.39 is 28.5 Å². The third-order valence-corrected chi connectivity index (χ3v) is 9.01. The van der Waals surface area contributed by atoms with Gasteiger partial charge in [0.25, 0.3) is 0 Å². The van der Waals surface area contributed by atoms with Crippen LogP contribution in [0.4, 0.5) is 5.69 Å². The molecule has 0 aromatic heterocycles. The Morgan fingerprint density at radius 3 is 2.10 bits per heavy atom. The highest BCUT2D eigenvalue weighted by atomic mass is 35.5. The van der Waals surface area contributed by atoms with Crippen LogP contribution in [-0.2, 0) is 32.6 Å². The molecule has 2 amide bonds. The monoisotopic (exact) mass is 657 g/mol. The summed E-state index contributed by atoms with van der Waals surface area (Å²) in [5, 5.41) is 3.63. The molecule has 0 aliphatic carbocycles. The van der Waals surface area contributed by atoms with Crippen LogP contribution in [0.2, 0.25) is 20.1 Å². The number of unbranched alkanes of at least 4 members (excludes halogenated alkanes) is 1. The average Bonchev–Trinajstić information content (AvgIpc) is 2.92. The first-order valence-corrected chi connectivity index (χ1v) is 16.3. The van der Waals surface area contributed by atoms with Crippen molar-refractivity contribution in [2.45, 2.75) is 38.8 Å². The Labute approximate surface area is 261 Å². The number of rotatable bonds is 13. The molecular weight excluding hydrogens is 628 g/mol. The van der Waals surface area contributed by atoms with Crippen molar-refractivity contribution in [1.82, 2.24) is 10.2 Å². The van der Waals surface area contributed by atoms with Gasteiger partial charge in [-0.05, 0) is 36.2 Å². The summed E-state index contributed by atoms with van der Waals surface area (Å²) in [5.74, 6) is -1.04. The summed E-state index contributed by atoms with van der Waals surface area (Å²) in [4.78, 5) is 29.1. The smallest absolute Gasteiger partial charge is 0.244 e. The van der Waals surface area contributed by atoms with Gasteiger partial charge in [-0.15, -0.1) is 0 Å². The van der Waals surface area contributed by atoms with Crippen LogP contribution in [0.15, 0.2) is 66.7 Å². The first-order valence-electron chi connectivity index (χ1n) is 12.9. The van der Waals surface area contributed by atoms with Crippen LogP contribution in [0.25, 0.3) is 0 Å². The highest BCUT2D eigenvalue weighted by molar-refractivity contribution is 7.92. The quantitative estimate of drug-likeness (QED) is 0.209. The number of carbonyl (C=O) groups excluding carboxylic acids is 2. The first-order chi connectivity index (χ1) is 19.4. The van der Waals surface area contributed by atoms with Gasteiger partial charge in [-0.3, -0.25) is 13.9 Å². The Hall–Kier alpha value is -2.49. The highest BCUT2D eigenvalue weighted by Crippen LogP contribution is 2.34. The van der Waals surface area contributed by atoms with Gasteiger partial charge in [-0.1, -0.05) is 102 Å². The standard InChI is InChI=1S/C29H31Cl4N3O4S/c1-3-4-16-34-29(38)26(17-20-10-6-5-7-11-20)35(18-21-22(30)12-8-13-23(21)31)27(37)19-36(41(2,39)40)25-15-9-14-24(32)28(25)33/h5-15,26H,3-4,16-19H2,1-2H3,(H,34,38). The minimum absolute atomic E-state index is 0.0220. The number of anilines is 1. The molecule has 3 aromatic rings. The fraction of sp³-hybridized carbons (Fsp3) is 0.310. The summed E-state index contributed by atoms with van der Waals surface area (Å²) in [6, 6.07) is 17.7. The van der Waals surface area contributed by atoms with E-state index in [0.29, 0.717) is 22.2 Å². The van der Waals surface area contributed by atoms with Crippen LogP contribution < -0.4 is 9.62 Å². The number of benzene rings is 3. The molecule has 0 spiro atoms. The van der Waals surface area contributed by atoms with Crippen molar-refractivity contribution in [3.8, 4) is 0 Å². The van der Waals surface area contributed by atoms with E-state index in [1.165, 1.54) is 23.1 Å². The van der Waals surface area contributed by atoms with Crippen molar-refractivity contribution in [3.63, 3.8) is 0 Å². The summed E-state index contributed by atoms with van der Waals surface area (Å²) >= 11 is 25.5. The summed E-state index contributed by atoms with van der Waals surface area (Å²) < 4.78 is 26.7. The maximum absolute atomic E-state index is 14.1. The third kappa shape index (κ3) is 9.00. The van der Waals surface area contributed by atoms with Gasteiger partial charge < -0.3 is 10.2 Å². The minimum Gasteiger partial charge on any atom is -0.354 e. The molecule has 0 bridgehead atoms. The predicted octanol–water partition coefficient (Wildman–Crippen LogP) is 6.62. The average molecular weight is 659 g/mol. The lowest BCUT2D eigenvalue weighted by molar-refractivity contribution is -0.140. The number of nitrogens with one attached hydrogen (secondary N) is 1. The number of hydrogen-bond acceptors (Lipinski definition) is 4. The second kappa shape index (κ2) is 15.1. The van der Waals surface area contributed by atoms with E-state index in [4.69, 9.17) is 46.4 Å². The fourth-order valence-electron chi connectivity index (χ4n) is 4.19. The molecule has 0 radical (unpaired) electrons. The van der Waals surface area contributed by atoms with Gasteiger partial charge in [0.1, 0.15) is 12.6 Å². The summed E-state index contributed by atoms with van der Waals surface area (Å²) in [7, 11) is -4.01. The molecule has 0 saturated carbocycles. The van der Waals surface area contributed by atoms with Crippen molar-refractivity contribution < 1.29 is 18.0 Å². The summed E-state index contributed by atoms with van der Waals surface area (Å²) in [5.41, 5.74) is 1.28.